The Labute approximate surface area is 113 Å². The van der Waals surface area contributed by atoms with E-state index in [1.54, 1.807) is 0 Å². The predicted octanol–water partition coefficient (Wildman–Crippen LogP) is 2.14. The standard InChI is InChI=1S/C13H18N4.ClH/c14-13-15-11-5-1-2-6-12(11)17(13)10-9-16-7-3-4-8-16;/h1-2,5-6H,3-4,7-10H2,(H2,14,15);1H. The Morgan fingerprint density at radius 3 is 2.61 bits per heavy atom. The number of rotatable bonds is 3. The lowest BCUT2D eigenvalue weighted by molar-refractivity contribution is 0.325. The molecule has 1 aliphatic heterocycles. The summed E-state index contributed by atoms with van der Waals surface area (Å²) in [7, 11) is 0. The van der Waals surface area contributed by atoms with Gasteiger partial charge >= 0.3 is 0 Å². The molecule has 5 heteroatoms. The third-order valence-electron chi connectivity index (χ3n) is 3.52. The number of para-hydroxylation sites is 2. The second-order valence-electron chi connectivity index (χ2n) is 4.66. The summed E-state index contributed by atoms with van der Waals surface area (Å²) >= 11 is 0. The van der Waals surface area contributed by atoms with Crippen LogP contribution in [0.2, 0.25) is 0 Å². The predicted molar refractivity (Wildman–Crippen MR) is 77.1 cm³/mol. The largest absolute Gasteiger partial charge is 0.369 e. The highest BCUT2D eigenvalue weighted by atomic mass is 35.5. The smallest absolute Gasteiger partial charge is 0.201 e. The summed E-state index contributed by atoms with van der Waals surface area (Å²) in [4.78, 5) is 6.87. The van der Waals surface area contributed by atoms with Gasteiger partial charge in [0.25, 0.3) is 0 Å². The molecule has 0 radical (unpaired) electrons. The van der Waals surface area contributed by atoms with Gasteiger partial charge in [-0.05, 0) is 38.1 Å². The van der Waals surface area contributed by atoms with Crippen molar-refractivity contribution in [2.45, 2.75) is 19.4 Å². The molecule has 3 rings (SSSR count). The zero-order chi connectivity index (χ0) is 11.7. The summed E-state index contributed by atoms with van der Waals surface area (Å²) in [5.41, 5.74) is 8.11. The molecular formula is C13H19ClN4. The Hall–Kier alpha value is -1.26. The van der Waals surface area contributed by atoms with E-state index in [9.17, 15) is 0 Å². The van der Waals surface area contributed by atoms with Gasteiger partial charge < -0.3 is 15.2 Å². The Balaban J connectivity index is 0.00000120. The first kappa shape index (κ1) is 13.2. The number of likely N-dealkylation sites (tertiary alicyclic amines) is 1. The molecule has 0 unspecified atom stereocenters. The number of halogens is 1. The second kappa shape index (κ2) is 5.59. The van der Waals surface area contributed by atoms with Crippen molar-refractivity contribution in [1.29, 1.82) is 0 Å². The summed E-state index contributed by atoms with van der Waals surface area (Å²) in [5.74, 6) is 0.630. The summed E-state index contributed by atoms with van der Waals surface area (Å²) in [5, 5.41) is 0. The van der Waals surface area contributed by atoms with E-state index in [4.69, 9.17) is 5.73 Å². The van der Waals surface area contributed by atoms with Crippen molar-refractivity contribution in [2.24, 2.45) is 0 Å². The van der Waals surface area contributed by atoms with Gasteiger partial charge in [0.1, 0.15) is 0 Å². The minimum Gasteiger partial charge on any atom is -0.369 e. The topological polar surface area (TPSA) is 47.1 Å². The van der Waals surface area contributed by atoms with E-state index in [2.05, 4.69) is 20.5 Å². The molecule has 0 spiro atoms. The van der Waals surface area contributed by atoms with E-state index in [1.165, 1.54) is 25.9 Å². The molecule has 0 amide bonds. The third kappa shape index (κ3) is 2.44. The lowest BCUT2D eigenvalue weighted by Gasteiger charge is -2.15. The lowest BCUT2D eigenvalue weighted by atomic mass is 10.3. The molecular weight excluding hydrogens is 248 g/mol. The van der Waals surface area contributed by atoms with Gasteiger partial charge in [0.15, 0.2) is 0 Å². The SMILES string of the molecule is Cl.Nc1nc2ccccc2n1CCN1CCCC1. The first-order chi connectivity index (χ1) is 8.34. The van der Waals surface area contributed by atoms with Crippen molar-refractivity contribution in [3.05, 3.63) is 24.3 Å². The average Bonchev–Trinajstić information content (AvgIpc) is 2.93. The molecule has 2 N–H and O–H groups in total. The fourth-order valence-electron chi connectivity index (χ4n) is 2.58. The quantitative estimate of drug-likeness (QED) is 0.926. The van der Waals surface area contributed by atoms with Crippen LogP contribution in [0.4, 0.5) is 5.95 Å². The van der Waals surface area contributed by atoms with Crippen LogP contribution in [0.25, 0.3) is 11.0 Å². The molecule has 2 aromatic rings. The van der Waals surface area contributed by atoms with Crippen LogP contribution in [0.1, 0.15) is 12.8 Å². The molecule has 98 valence electrons. The third-order valence-corrected chi connectivity index (χ3v) is 3.52. The first-order valence-corrected chi connectivity index (χ1v) is 6.28. The average molecular weight is 267 g/mol. The lowest BCUT2D eigenvalue weighted by Crippen LogP contribution is -2.24. The summed E-state index contributed by atoms with van der Waals surface area (Å²) in [6.45, 7) is 4.47. The number of hydrogen-bond acceptors (Lipinski definition) is 3. The summed E-state index contributed by atoms with van der Waals surface area (Å²) < 4.78 is 2.12. The normalized spacial score (nSPS) is 16.0. The summed E-state index contributed by atoms with van der Waals surface area (Å²) in [6, 6.07) is 8.14. The fraction of sp³-hybridized carbons (Fsp3) is 0.462. The van der Waals surface area contributed by atoms with Gasteiger partial charge in [-0.2, -0.15) is 0 Å². The number of nitrogens with two attached hydrogens (primary N) is 1. The van der Waals surface area contributed by atoms with Crippen molar-refractivity contribution in [3.8, 4) is 0 Å². The van der Waals surface area contributed by atoms with Crippen LogP contribution < -0.4 is 5.73 Å². The van der Waals surface area contributed by atoms with E-state index < -0.39 is 0 Å². The molecule has 0 aliphatic carbocycles. The van der Waals surface area contributed by atoms with Crippen molar-refractivity contribution in [1.82, 2.24) is 14.5 Å². The van der Waals surface area contributed by atoms with Crippen LogP contribution in [-0.4, -0.2) is 34.1 Å². The Morgan fingerprint density at radius 2 is 1.83 bits per heavy atom. The number of nitrogens with zero attached hydrogens (tertiary/aromatic N) is 3. The molecule has 0 atom stereocenters. The van der Waals surface area contributed by atoms with Crippen molar-refractivity contribution >= 4 is 29.4 Å². The van der Waals surface area contributed by atoms with Crippen LogP contribution >= 0.6 is 12.4 Å². The number of aromatic nitrogens is 2. The Morgan fingerprint density at radius 1 is 1.11 bits per heavy atom. The maximum absolute atomic E-state index is 5.97. The van der Waals surface area contributed by atoms with Gasteiger partial charge in [0.05, 0.1) is 11.0 Å². The first-order valence-electron chi connectivity index (χ1n) is 6.28. The molecule has 1 fully saturated rings. The zero-order valence-corrected chi connectivity index (χ0v) is 11.2. The van der Waals surface area contributed by atoms with Crippen molar-refractivity contribution < 1.29 is 0 Å². The van der Waals surface area contributed by atoms with Gasteiger partial charge in [-0.25, -0.2) is 4.98 Å². The molecule has 4 nitrogen and oxygen atoms in total. The number of imidazole rings is 1. The minimum atomic E-state index is 0. The van der Waals surface area contributed by atoms with Gasteiger partial charge in [0, 0.05) is 13.1 Å². The molecule has 1 aromatic heterocycles. The molecule has 0 saturated carbocycles. The van der Waals surface area contributed by atoms with Gasteiger partial charge in [-0.15, -0.1) is 12.4 Å². The van der Waals surface area contributed by atoms with E-state index in [0.717, 1.165) is 24.1 Å². The van der Waals surface area contributed by atoms with Crippen LogP contribution in [0, 0.1) is 0 Å². The van der Waals surface area contributed by atoms with E-state index in [-0.39, 0.29) is 12.4 Å². The van der Waals surface area contributed by atoms with Crippen LogP contribution in [0.5, 0.6) is 0 Å². The van der Waals surface area contributed by atoms with Crippen LogP contribution in [-0.2, 0) is 6.54 Å². The number of fused-ring (bicyclic) bond motifs is 1. The molecule has 2 heterocycles. The Bertz CT molecular complexity index is 517. The monoisotopic (exact) mass is 266 g/mol. The highest BCUT2D eigenvalue weighted by Gasteiger charge is 2.13. The molecule has 0 bridgehead atoms. The van der Waals surface area contributed by atoms with Crippen LogP contribution in [0.15, 0.2) is 24.3 Å². The van der Waals surface area contributed by atoms with E-state index in [0.29, 0.717) is 5.95 Å². The number of benzene rings is 1. The van der Waals surface area contributed by atoms with Gasteiger partial charge in [-0.3, -0.25) is 0 Å². The molecule has 1 aliphatic rings. The van der Waals surface area contributed by atoms with Crippen molar-refractivity contribution in [3.63, 3.8) is 0 Å². The Kier molecular flexibility index (Phi) is 4.09. The highest BCUT2D eigenvalue weighted by Crippen LogP contribution is 2.17. The van der Waals surface area contributed by atoms with Crippen LogP contribution in [0.3, 0.4) is 0 Å². The maximum atomic E-state index is 5.97. The number of nitrogen functional groups attached to an aromatic ring is 1. The number of hydrogen-bond donors (Lipinski definition) is 1. The van der Waals surface area contributed by atoms with Crippen molar-refractivity contribution in [2.75, 3.05) is 25.4 Å². The fourth-order valence-corrected chi connectivity index (χ4v) is 2.58. The zero-order valence-electron chi connectivity index (χ0n) is 10.4. The van der Waals surface area contributed by atoms with Gasteiger partial charge in [0.2, 0.25) is 5.95 Å². The second-order valence-corrected chi connectivity index (χ2v) is 4.66. The summed E-state index contributed by atoms with van der Waals surface area (Å²) in [6.07, 6.45) is 2.67. The van der Waals surface area contributed by atoms with E-state index in [1.807, 2.05) is 18.2 Å². The molecule has 1 aromatic carbocycles. The molecule has 1 saturated heterocycles. The van der Waals surface area contributed by atoms with Gasteiger partial charge in [-0.1, -0.05) is 12.1 Å². The number of anilines is 1. The molecule has 18 heavy (non-hydrogen) atoms. The highest BCUT2D eigenvalue weighted by molar-refractivity contribution is 5.85. The minimum absolute atomic E-state index is 0. The van der Waals surface area contributed by atoms with E-state index >= 15 is 0 Å². The maximum Gasteiger partial charge on any atom is 0.201 e.